The highest BCUT2D eigenvalue weighted by Gasteiger charge is 2.24. The zero-order valence-electron chi connectivity index (χ0n) is 17.3. The van der Waals surface area contributed by atoms with E-state index >= 15 is 0 Å². The summed E-state index contributed by atoms with van der Waals surface area (Å²) in [5.74, 6) is -1.28. The van der Waals surface area contributed by atoms with Crippen LogP contribution in [0.3, 0.4) is 0 Å². The van der Waals surface area contributed by atoms with E-state index in [1.807, 2.05) is 0 Å². The van der Waals surface area contributed by atoms with Crippen LogP contribution in [0.2, 0.25) is 0 Å². The van der Waals surface area contributed by atoms with Gasteiger partial charge in [-0.15, -0.1) is 11.3 Å². The lowest BCUT2D eigenvalue weighted by Gasteiger charge is -2.18. The number of benzene rings is 1. The van der Waals surface area contributed by atoms with Crippen LogP contribution in [0.15, 0.2) is 29.2 Å². The lowest BCUT2D eigenvalue weighted by molar-refractivity contribution is -0.119. The summed E-state index contributed by atoms with van der Waals surface area (Å²) < 4.78 is 31.4. The molecule has 0 saturated carbocycles. The minimum Gasteiger partial charge on any atom is -0.452 e. The van der Waals surface area contributed by atoms with E-state index in [0.29, 0.717) is 23.7 Å². The van der Waals surface area contributed by atoms with E-state index in [0.717, 1.165) is 29.7 Å². The van der Waals surface area contributed by atoms with Gasteiger partial charge >= 0.3 is 5.97 Å². The molecule has 1 aromatic heterocycles. The molecule has 1 aromatic carbocycles. The lowest BCUT2D eigenvalue weighted by atomic mass is 10.1. The zero-order chi connectivity index (χ0) is 22.6. The molecule has 10 heteroatoms. The Balaban J connectivity index is 1.60. The fourth-order valence-corrected chi connectivity index (χ4v) is 6.18. The van der Waals surface area contributed by atoms with Crippen LogP contribution in [0.25, 0.3) is 0 Å². The maximum Gasteiger partial charge on any atom is 0.338 e. The van der Waals surface area contributed by atoms with E-state index in [1.165, 1.54) is 39.9 Å². The molecule has 3 rings (SSSR count). The Labute approximate surface area is 185 Å². The molecule has 1 aliphatic carbocycles. The predicted molar refractivity (Wildman–Crippen MR) is 117 cm³/mol. The molecule has 1 aliphatic rings. The summed E-state index contributed by atoms with van der Waals surface area (Å²) >= 11 is 1.39. The zero-order valence-corrected chi connectivity index (χ0v) is 18.9. The Hall–Kier alpha value is -2.74. The number of anilines is 1. The Morgan fingerprint density at radius 3 is 2.48 bits per heavy atom. The number of carbonyl (C=O) groups is 2. The highest BCUT2D eigenvalue weighted by molar-refractivity contribution is 7.89. The smallest absolute Gasteiger partial charge is 0.338 e. The van der Waals surface area contributed by atoms with Gasteiger partial charge in [0.2, 0.25) is 10.0 Å². The summed E-state index contributed by atoms with van der Waals surface area (Å²) in [5.41, 5.74) is 1.63. The van der Waals surface area contributed by atoms with Crippen LogP contribution >= 0.6 is 11.3 Å². The number of nitriles is 1. The fourth-order valence-electron chi connectivity index (χ4n) is 3.46. The summed E-state index contributed by atoms with van der Waals surface area (Å²) in [5, 5.41) is 12.5. The quantitative estimate of drug-likeness (QED) is 0.604. The van der Waals surface area contributed by atoms with Gasteiger partial charge in [0.15, 0.2) is 6.61 Å². The van der Waals surface area contributed by atoms with Gasteiger partial charge in [-0.1, -0.05) is 13.8 Å². The molecule has 0 fully saturated rings. The van der Waals surface area contributed by atoms with Gasteiger partial charge < -0.3 is 10.1 Å². The van der Waals surface area contributed by atoms with Crippen LogP contribution in [0.1, 0.15) is 46.6 Å². The number of carbonyl (C=O) groups excluding carboxylic acids is 2. The van der Waals surface area contributed by atoms with Crippen molar-refractivity contribution in [1.29, 1.82) is 5.26 Å². The van der Waals surface area contributed by atoms with Gasteiger partial charge in [0.05, 0.1) is 16.0 Å². The SMILES string of the molecule is CCN(CC)S(=O)(=O)c1ccc(C(=O)OCC(=O)Nc2sc3c(c2C#N)CCC3)cc1. The second kappa shape index (κ2) is 9.60. The number of hydrogen-bond donors (Lipinski definition) is 1. The average Bonchev–Trinajstić information content (AvgIpc) is 3.33. The van der Waals surface area contributed by atoms with Crippen LogP contribution < -0.4 is 5.32 Å². The number of amides is 1. The van der Waals surface area contributed by atoms with Crippen LogP contribution in [0, 0.1) is 11.3 Å². The highest BCUT2D eigenvalue weighted by Crippen LogP contribution is 2.38. The Kier molecular flexibility index (Phi) is 7.10. The third-order valence-corrected chi connectivity index (χ3v) is 8.32. The molecule has 0 saturated heterocycles. The van der Waals surface area contributed by atoms with Crippen molar-refractivity contribution in [2.45, 2.75) is 38.0 Å². The number of nitrogens with one attached hydrogen (secondary N) is 1. The van der Waals surface area contributed by atoms with Crippen LogP contribution in [-0.2, 0) is 32.4 Å². The second-order valence-corrected chi connectivity index (χ2v) is 9.95. The Morgan fingerprint density at radius 2 is 1.87 bits per heavy atom. The topological polar surface area (TPSA) is 117 Å². The molecule has 0 bridgehead atoms. The lowest BCUT2D eigenvalue weighted by Crippen LogP contribution is -2.30. The number of nitrogens with zero attached hydrogens (tertiary/aromatic N) is 2. The Morgan fingerprint density at radius 1 is 1.19 bits per heavy atom. The molecule has 8 nitrogen and oxygen atoms in total. The first kappa shape index (κ1) is 22.9. The van der Waals surface area contributed by atoms with E-state index < -0.39 is 28.5 Å². The fraction of sp³-hybridized carbons (Fsp3) is 0.381. The van der Waals surface area contributed by atoms with Gasteiger partial charge in [-0.25, -0.2) is 13.2 Å². The third-order valence-electron chi connectivity index (χ3n) is 5.05. The van der Waals surface area contributed by atoms with Gasteiger partial charge in [-0.3, -0.25) is 4.79 Å². The van der Waals surface area contributed by atoms with Gasteiger partial charge in [-0.2, -0.15) is 9.57 Å². The number of hydrogen-bond acceptors (Lipinski definition) is 7. The van der Waals surface area contributed by atoms with Crippen LogP contribution in [-0.4, -0.2) is 44.3 Å². The average molecular weight is 462 g/mol. The largest absolute Gasteiger partial charge is 0.452 e. The number of aryl methyl sites for hydroxylation is 1. The van der Waals surface area contributed by atoms with Crippen molar-refractivity contribution in [3.05, 3.63) is 45.8 Å². The van der Waals surface area contributed by atoms with Crippen molar-refractivity contribution in [2.75, 3.05) is 25.0 Å². The maximum atomic E-state index is 12.5. The molecule has 1 N–H and O–H groups in total. The molecule has 31 heavy (non-hydrogen) atoms. The molecule has 0 aliphatic heterocycles. The molecule has 0 spiro atoms. The molecule has 0 unspecified atom stereocenters. The number of fused-ring (bicyclic) bond motifs is 1. The van der Waals surface area contributed by atoms with E-state index in [4.69, 9.17) is 4.74 Å². The van der Waals surface area contributed by atoms with Crippen LogP contribution in [0.4, 0.5) is 5.00 Å². The molecule has 0 atom stereocenters. The predicted octanol–water partition coefficient (Wildman–Crippen LogP) is 2.93. The van der Waals surface area contributed by atoms with Crippen LogP contribution in [0.5, 0.6) is 0 Å². The summed E-state index contributed by atoms with van der Waals surface area (Å²) in [6, 6.07) is 7.54. The minimum atomic E-state index is -3.62. The number of sulfonamides is 1. The van der Waals surface area contributed by atoms with Crippen molar-refractivity contribution in [1.82, 2.24) is 4.31 Å². The van der Waals surface area contributed by atoms with E-state index in [2.05, 4.69) is 11.4 Å². The summed E-state index contributed by atoms with van der Waals surface area (Å²) in [4.78, 5) is 25.6. The van der Waals surface area contributed by atoms with Crippen molar-refractivity contribution in [3.8, 4) is 6.07 Å². The van der Waals surface area contributed by atoms with E-state index in [1.54, 1.807) is 13.8 Å². The van der Waals surface area contributed by atoms with Crippen molar-refractivity contribution in [3.63, 3.8) is 0 Å². The number of ether oxygens (including phenoxy) is 1. The van der Waals surface area contributed by atoms with Gasteiger partial charge in [0.1, 0.15) is 11.1 Å². The molecular weight excluding hydrogens is 438 g/mol. The monoisotopic (exact) mass is 461 g/mol. The van der Waals surface area contributed by atoms with Gasteiger partial charge in [-0.05, 0) is 49.1 Å². The number of rotatable bonds is 8. The summed E-state index contributed by atoms with van der Waals surface area (Å²) in [6.45, 7) is 3.69. The summed E-state index contributed by atoms with van der Waals surface area (Å²) in [7, 11) is -3.62. The van der Waals surface area contributed by atoms with Crippen molar-refractivity contribution < 1.29 is 22.7 Å². The standard InChI is InChI=1S/C21H23N3O5S2/c1-3-24(4-2)31(27,28)15-10-8-14(9-11-15)21(26)29-13-19(25)23-20-17(12-22)16-6-5-7-18(16)30-20/h8-11H,3-7,13H2,1-2H3,(H,23,25). The van der Waals surface area contributed by atoms with Gasteiger partial charge in [0, 0.05) is 18.0 Å². The summed E-state index contributed by atoms with van der Waals surface area (Å²) in [6.07, 6.45) is 2.75. The van der Waals surface area contributed by atoms with Crippen molar-refractivity contribution >= 4 is 38.2 Å². The minimum absolute atomic E-state index is 0.0836. The second-order valence-electron chi connectivity index (χ2n) is 6.91. The third kappa shape index (κ3) is 4.79. The Bertz CT molecular complexity index is 1130. The maximum absolute atomic E-state index is 12.5. The molecule has 164 valence electrons. The normalized spacial score (nSPS) is 13.0. The number of esters is 1. The van der Waals surface area contributed by atoms with E-state index in [9.17, 15) is 23.3 Å². The molecule has 1 amide bonds. The van der Waals surface area contributed by atoms with Gasteiger partial charge in [0.25, 0.3) is 5.91 Å². The first-order valence-corrected chi connectivity index (χ1v) is 12.2. The molecule has 2 aromatic rings. The first-order chi connectivity index (χ1) is 14.8. The van der Waals surface area contributed by atoms with E-state index in [-0.39, 0.29) is 10.5 Å². The molecule has 0 radical (unpaired) electrons. The molecular formula is C21H23N3O5S2. The highest BCUT2D eigenvalue weighted by atomic mass is 32.2. The first-order valence-electron chi connectivity index (χ1n) is 9.93. The number of thiophene rings is 1. The van der Waals surface area contributed by atoms with Crippen molar-refractivity contribution in [2.24, 2.45) is 0 Å². The molecule has 1 heterocycles.